The van der Waals surface area contributed by atoms with Crippen molar-refractivity contribution < 1.29 is 9.59 Å². The summed E-state index contributed by atoms with van der Waals surface area (Å²) >= 11 is 1.48. The van der Waals surface area contributed by atoms with Gasteiger partial charge in [0.15, 0.2) is 0 Å². The molecule has 0 spiro atoms. The molecule has 4 heterocycles. The van der Waals surface area contributed by atoms with Gasteiger partial charge in [-0.05, 0) is 42.7 Å². The summed E-state index contributed by atoms with van der Waals surface area (Å²) in [6.45, 7) is 3.89. The van der Waals surface area contributed by atoms with Crippen molar-refractivity contribution in [2.24, 2.45) is 0 Å². The second-order valence-electron chi connectivity index (χ2n) is 7.98. The van der Waals surface area contributed by atoms with Gasteiger partial charge >= 0.3 is 0 Å². The Labute approximate surface area is 185 Å². The Morgan fingerprint density at radius 3 is 2.65 bits per heavy atom. The van der Waals surface area contributed by atoms with Gasteiger partial charge in [0.1, 0.15) is 0 Å². The first-order chi connectivity index (χ1) is 15.2. The first kappa shape index (κ1) is 20.0. The number of thiophene rings is 1. The molecule has 160 valence electrons. The van der Waals surface area contributed by atoms with Crippen LogP contribution in [0.25, 0.3) is 10.6 Å². The van der Waals surface area contributed by atoms with Crippen molar-refractivity contribution in [2.45, 2.75) is 12.8 Å². The molecule has 0 radical (unpaired) electrons. The lowest BCUT2D eigenvalue weighted by Crippen LogP contribution is -2.52. The molecule has 0 unspecified atom stereocenters. The number of rotatable bonds is 4. The lowest BCUT2D eigenvalue weighted by atomic mass is 10.0. The van der Waals surface area contributed by atoms with E-state index in [9.17, 15) is 9.59 Å². The Morgan fingerprint density at radius 1 is 1.00 bits per heavy atom. The van der Waals surface area contributed by atoms with E-state index in [-0.39, 0.29) is 11.8 Å². The molecule has 1 saturated heterocycles. The number of benzene rings is 1. The Morgan fingerprint density at radius 2 is 1.84 bits per heavy atom. The zero-order valence-electron chi connectivity index (χ0n) is 17.3. The van der Waals surface area contributed by atoms with E-state index in [0.717, 1.165) is 40.5 Å². The number of aryl methyl sites for hydroxylation is 1. The number of carbonyl (C=O) groups excluding carboxylic acids is 2. The predicted molar refractivity (Wildman–Crippen MR) is 121 cm³/mol. The molecule has 31 heavy (non-hydrogen) atoms. The van der Waals surface area contributed by atoms with Crippen LogP contribution in [0.3, 0.4) is 0 Å². The first-order valence-electron chi connectivity index (χ1n) is 10.7. The van der Waals surface area contributed by atoms with Crippen LogP contribution in [0, 0.1) is 0 Å². The fourth-order valence-electron chi connectivity index (χ4n) is 4.32. The lowest BCUT2D eigenvalue weighted by Gasteiger charge is -2.36. The SMILES string of the molecule is O=C(c1ccc(-c2ccn[nH]2)s1)N1CCN(CC(=O)N2CCCc3ccccc32)CC1. The molecule has 0 atom stereocenters. The van der Waals surface area contributed by atoms with Crippen LogP contribution in [-0.4, -0.2) is 71.1 Å². The summed E-state index contributed by atoms with van der Waals surface area (Å²) in [6.07, 6.45) is 3.75. The molecular formula is C23H25N5O2S. The number of hydrogen-bond acceptors (Lipinski definition) is 5. The standard InChI is InChI=1S/C23H25N5O2S/c29-22(28-11-3-5-17-4-1-2-6-19(17)28)16-26-12-14-27(15-13-26)23(30)21-8-7-20(31-21)18-9-10-24-25-18/h1-2,4,6-10H,3,5,11-16H2,(H,24,25). The predicted octanol–water partition coefficient (Wildman–Crippen LogP) is 2.88. The molecule has 7 nitrogen and oxygen atoms in total. The Balaban J connectivity index is 1.17. The number of nitrogens with one attached hydrogen (secondary N) is 1. The van der Waals surface area contributed by atoms with Crippen LogP contribution < -0.4 is 4.90 Å². The van der Waals surface area contributed by atoms with Gasteiger partial charge in [0.2, 0.25) is 5.91 Å². The van der Waals surface area contributed by atoms with Gasteiger partial charge in [0, 0.05) is 44.6 Å². The molecule has 0 aliphatic carbocycles. The van der Waals surface area contributed by atoms with Gasteiger partial charge in [-0.3, -0.25) is 19.6 Å². The van der Waals surface area contributed by atoms with E-state index in [1.165, 1.54) is 16.9 Å². The van der Waals surface area contributed by atoms with Crippen molar-refractivity contribution in [3.05, 3.63) is 59.1 Å². The van der Waals surface area contributed by atoms with E-state index in [1.807, 2.05) is 46.2 Å². The third-order valence-electron chi connectivity index (χ3n) is 6.01. The number of fused-ring (bicyclic) bond motifs is 1. The van der Waals surface area contributed by atoms with Gasteiger partial charge in [0.05, 0.1) is 22.0 Å². The zero-order valence-corrected chi connectivity index (χ0v) is 18.1. The molecule has 2 aromatic heterocycles. The second-order valence-corrected chi connectivity index (χ2v) is 9.06. The summed E-state index contributed by atoms with van der Waals surface area (Å²) in [6, 6.07) is 13.9. The summed E-state index contributed by atoms with van der Waals surface area (Å²) in [7, 11) is 0. The van der Waals surface area contributed by atoms with Gasteiger partial charge in [-0.15, -0.1) is 11.3 Å². The number of para-hydroxylation sites is 1. The normalized spacial score (nSPS) is 16.9. The maximum absolute atomic E-state index is 13.0. The summed E-state index contributed by atoms with van der Waals surface area (Å²) in [5.41, 5.74) is 3.23. The smallest absolute Gasteiger partial charge is 0.264 e. The largest absolute Gasteiger partial charge is 0.335 e. The number of hydrogen-bond donors (Lipinski definition) is 1. The van der Waals surface area contributed by atoms with E-state index in [2.05, 4.69) is 21.2 Å². The third-order valence-corrected chi connectivity index (χ3v) is 7.12. The number of amides is 2. The molecule has 2 aliphatic rings. The molecule has 1 N–H and O–H groups in total. The fourth-order valence-corrected chi connectivity index (χ4v) is 5.27. The topological polar surface area (TPSA) is 72.5 Å². The minimum atomic E-state index is 0.0618. The number of carbonyl (C=O) groups is 2. The fraction of sp³-hybridized carbons (Fsp3) is 0.348. The highest BCUT2D eigenvalue weighted by atomic mass is 32.1. The van der Waals surface area contributed by atoms with Crippen molar-refractivity contribution in [1.29, 1.82) is 0 Å². The number of nitrogens with zero attached hydrogens (tertiary/aromatic N) is 4. The van der Waals surface area contributed by atoms with Crippen LogP contribution in [0.1, 0.15) is 21.7 Å². The molecule has 2 amide bonds. The van der Waals surface area contributed by atoms with Crippen LogP contribution in [0.4, 0.5) is 5.69 Å². The zero-order chi connectivity index (χ0) is 21.2. The maximum atomic E-state index is 13.0. The number of anilines is 1. The van der Waals surface area contributed by atoms with E-state index in [4.69, 9.17) is 0 Å². The first-order valence-corrected chi connectivity index (χ1v) is 11.5. The van der Waals surface area contributed by atoms with Gasteiger partial charge < -0.3 is 9.80 Å². The minimum Gasteiger partial charge on any atom is -0.335 e. The molecule has 0 saturated carbocycles. The average molecular weight is 436 g/mol. The average Bonchev–Trinajstić information content (AvgIpc) is 3.51. The molecule has 2 aliphatic heterocycles. The van der Waals surface area contributed by atoms with Gasteiger partial charge in [-0.2, -0.15) is 5.10 Å². The monoisotopic (exact) mass is 435 g/mol. The summed E-state index contributed by atoms with van der Waals surface area (Å²) in [4.78, 5) is 33.6. The molecule has 1 aromatic carbocycles. The van der Waals surface area contributed by atoms with Gasteiger partial charge in [0.25, 0.3) is 5.91 Å². The van der Waals surface area contributed by atoms with E-state index < -0.39 is 0 Å². The quantitative estimate of drug-likeness (QED) is 0.684. The van der Waals surface area contributed by atoms with E-state index >= 15 is 0 Å². The van der Waals surface area contributed by atoms with Crippen molar-refractivity contribution in [2.75, 3.05) is 44.2 Å². The van der Waals surface area contributed by atoms with Crippen LogP contribution in [0.15, 0.2) is 48.7 Å². The molecule has 1 fully saturated rings. The summed E-state index contributed by atoms with van der Waals surface area (Å²) in [5.74, 6) is 0.209. The third kappa shape index (κ3) is 4.13. The van der Waals surface area contributed by atoms with Gasteiger partial charge in [-0.1, -0.05) is 18.2 Å². The molecule has 5 rings (SSSR count). The van der Waals surface area contributed by atoms with Crippen molar-refractivity contribution in [3.8, 4) is 10.6 Å². The van der Waals surface area contributed by atoms with Gasteiger partial charge in [-0.25, -0.2) is 0 Å². The summed E-state index contributed by atoms with van der Waals surface area (Å²) in [5, 5.41) is 6.91. The van der Waals surface area contributed by atoms with E-state index in [0.29, 0.717) is 32.7 Å². The number of H-pyrrole nitrogens is 1. The number of aromatic amines is 1. The highest BCUT2D eigenvalue weighted by Gasteiger charge is 2.27. The molecule has 8 heteroatoms. The van der Waals surface area contributed by atoms with Crippen molar-refractivity contribution in [1.82, 2.24) is 20.0 Å². The van der Waals surface area contributed by atoms with Crippen molar-refractivity contribution >= 4 is 28.8 Å². The second kappa shape index (κ2) is 8.64. The Bertz CT molecular complexity index is 1070. The summed E-state index contributed by atoms with van der Waals surface area (Å²) < 4.78 is 0. The molecular weight excluding hydrogens is 410 g/mol. The maximum Gasteiger partial charge on any atom is 0.264 e. The molecule has 0 bridgehead atoms. The number of aromatic nitrogens is 2. The van der Waals surface area contributed by atoms with Crippen LogP contribution in [-0.2, 0) is 11.2 Å². The highest BCUT2D eigenvalue weighted by molar-refractivity contribution is 7.17. The van der Waals surface area contributed by atoms with Crippen molar-refractivity contribution in [3.63, 3.8) is 0 Å². The Kier molecular flexibility index (Phi) is 5.57. The minimum absolute atomic E-state index is 0.0618. The Hall–Kier alpha value is -2.97. The van der Waals surface area contributed by atoms with E-state index in [1.54, 1.807) is 6.20 Å². The molecule has 3 aromatic rings. The lowest BCUT2D eigenvalue weighted by molar-refractivity contribution is -0.120. The van der Waals surface area contributed by atoms with Crippen LogP contribution >= 0.6 is 11.3 Å². The number of piperazine rings is 1. The van der Waals surface area contributed by atoms with Crippen LogP contribution in [0.5, 0.6) is 0 Å². The highest BCUT2D eigenvalue weighted by Crippen LogP contribution is 2.28. The van der Waals surface area contributed by atoms with Crippen LogP contribution in [0.2, 0.25) is 0 Å².